The Morgan fingerprint density at radius 2 is 1.20 bits per heavy atom. The van der Waals surface area contributed by atoms with Gasteiger partial charge in [0.05, 0.1) is 0 Å². The summed E-state index contributed by atoms with van der Waals surface area (Å²) in [5.74, 6) is 0. The molecule has 0 bridgehead atoms. The first-order chi connectivity index (χ1) is 8.98. The SMILES string of the molecule is CCCCCCCCCCCCCC(O)S(=O)(=O)[O-].[Na+]. The Kier molecular flexibility index (Phi) is 17.1. The third-order valence-corrected chi connectivity index (χ3v) is 4.29. The van der Waals surface area contributed by atoms with Crippen LogP contribution in [0.1, 0.15) is 84.0 Å². The summed E-state index contributed by atoms with van der Waals surface area (Å²) in [5.41, 5.74) is -1.72. The van der Waals surface area contributed by atoms with Crippen molar-refractivity contribution >= 4 is 10.1 Å². The van der Waals surface area contributed by atoms with Gasteiger partial charge < -0.3 is 9.66 Å². The second kappa shape index (κ2) is 14.8. The number of aliphatic hydroxyl groups excluding tert-OH is 1. The van der Waals surface area contributed by atoms with E-state index >= 15 is 0 Å². The molecule has 20 heavy (non-hydrogen) atoms. The van der Waals surface area contributed by atoms with E-state index < -0.39 is 15.6 Å². The smallest absolute Gasteiger partial charge is 0.746 e. The van der Waals surface area contributed by atoms with Crippen molar-refractivity contribution in [3.63, 3.8) is 0 Å². The van der Waals surface area contributed by atoms with E-state index in [0.29, 0.717) is 6.42 Å². The maximum absolute atomic E-state index is 10.4. The molecule has 0 rings (SSSR count). The van der Waals surface area contributed by atoms with Crippen LogP contribution in [0.15, 0.2) is 0 Å². The predicted octanol–water partition coefficient (Wildman–Crippen LogP) is 0.555. The molecule has 0 spiro atoms. The molecule has 0 radical (unpaired) electrons. The Morgan fingerprint density at radius 1 is 0.850 bits per heavy atom. The van der Waals surface area contributed by atoms with Crippen molar-refractivity contribution in [2.24, 2.45) is 0 Å². The van der Waals surface area contributed by atoms with Gasteiger partial charge in [-0.3, -0.25) is 0 Å². The summed E-state index contributed by atoms with van der Waals surface area (Å²) in [4.78, 5) is 0. The van der Waals surface area contributed by atoms with E-state index in [-0.39, 0.29) is 36.0 Å². The second-order valence-corrected chi connectivity index (χ2v) is 6.80. The molecule has 0 saturated heterocycles. The molecule has 1 N–H and O–H groups in total. The standard InChI is InChI=1S/C14H30O4S.Na/c1-2-3-4-5-6-7-8-9-10-11-12-13-14(15)19(16,17)18;/h14-15H,2-13H2,1H3,(H,16,17,18);/q;+1/p-1. The van der Waals surface area contributed by atoms with Gasteiger partial charge in [-0.15, -0.1) is 0 Å². The maximum atomic E-state index is 10.4. The van der Waals surface area contributed by atoms with Gasteiger partial charge in [0.2, 0.25) is 0 Å². The normalized spacial score (nSPS) is 12.9. The third kappa shape index (κ3) is 15.3. The Morgan fingerprint density at radius 3 is 1.55 bits per heavy atom. The van der Waals surface area contributed by atoms with Crippen molar-refractivity contribution in [3.8, 4) is 0 Å². The van der Waals surface area contributed by atoms with Gasteiger partial charge in [-0.1, -0.05) is 71.1 Å². The first kappa shape index (κ1) is 23.1. The summed E-state index contributed by atoms with van der Waals surface area (Å²) in [6.45, 7) is 2.22. The van der Waals surface area contributed by atoms with Crippen LogP contribution in [0.3, 0.4) is 0 Å². The van der Waals surface area contributed by atoms with Gasteiger partial charge in [-0.05, 0) is 12.8 Å². The molecule has 0 aromatic heterocycles. The van der Waals surface area contributed by atoms with Gasteiger partial charge in [0.1, 0.15) is 15.6 Å². The van der Waals surface area contributed by atoms with Crippen LogP contribution in [0, 0.1) is 0 Å². The second-order valence-electron chi connectivity index (χ2n) is 5.27. The van der Waals surface area contributed by atoms with E-state index in [2.05, 4.69) is 6.92 Å². The molecule has 1 unspecified atom stereocenters. The van der Waals surface area contributed by atoms with Gasteiger partial charge in [-0.2, -0.15) is 0 Å². The topological polar surface area (TPSA) is 77.4 Å². The zero-order chi connectivity index (χ0) is 14.6. The first-order valence-corrected chi connectivity index (χ1v) is 9.08. The van der Waals surface area contributed by atoms with Crippen LogP contribution >= 0.6 is 0 Å². The molecule has 116 valence electrons. The Balaban J connectivity index is 0. The van der Waals surface area contributed by atoms with Gasteiger partial charge in [-0.25, -0.2) is 8.42 Å². The fraction of sp³-hybridized carbons (Fsp3) is 1.00. The van der Waals surface area contributed by atoms with Crippen LogP contribution in [0.4, 0.5) is 0 Å². The fourth-order valence-corrected chi connectivity index (χ4v) is 2.58. The molecule has 0 aliphatic heterocycles. The molecular formula is C14H29NaO4S. The Labute approximate surface area is 146 Å². The summed E-state index contributed by atoms with van der Waals surface area (Å²) < 4.78 is 31.3. The molecule has 0 aromatic carbocycles. The van der Waals surface area contributed by atoms with Crippen LogP contribution in [-0.4, -0.2) is 23.5 Å². The Bertz CT molecular complexity index is 294. The summed E-state index contributed by atoms with van der Waals surface area (Å²) in [6, 6.07) is 0. The van der Waals surface area contributed by atoms with E-state index in [1.165, 1.54) is 44.9 Å². The summed E-state index contributed by atoms with van der Waals surface area (Å²) in [5, 5.41) is 9.03. The molecule has 0 aliphatic carbocycles. The first-order valence-electron chi connectivity index (χ1n) is 7.61. The van der Waals surface area contributed by atoms with Crippen molar-refractivity contribution in [2.45, 2.75) is 89.4 Å². The summed E-state index contributed by atoms with van der Waals surface area (Å²) >= 11 is 0. The quantitative estimate of drug-likeness (QED) is 0.306. The zero-order valence-electron chi connectivity index (χ0n) is 13.1. The molecule has 0 saturated carbocycles. The van der Waals surface area contributed by atoms with Crippen LogP contribution < -0.4 is 29.6 Å². The van der Waals surface area contributed by atoms with Crippen molar-refractivity contribution in [2.75, 3.05) is 0 Å². The molecule has 6 heteroatoms. The molecule has 4 nitrogen and oxygen atoms in total. The van der Waals surface area contributed by atoms with Gasteiger partial charge in [0.25, 0.3) is 0 Å². The molecule has 1 atom stereocenters. The third-order valence-electron chi connectivity index (χ3n) is 3.39. The Hall–Kier alpha value is 0.870. The van der Waals surface area contributed by atoms with Crippen molar-refractivity contribution < 1.29 is 47.6 Å². The van der Waals surface area contributed by atoms with Crippen molar-refractivity contribution in [3.05, 3.63) is 0 Å². The number of hydrogen-bond donors (Lipinski definition) is 1. The average molecular weight is 316 g/mol. The van der Waals surface area contributed by atoms with E-state index in [4.69, 9.17) is 5.11 Å². The minimum absolute atomic E-state index is 0. The average Bonchev–Trinajstić information content (AvgIpc) is 2.34. The maximum Gasteiger partial charge on any atom is 1.00 e. The minimum atomic E-state index is -4.51. The van der Waals surface area contributed by atoms with E-state index in [1.54, 1.807) is 0 Å². The molecule has 0 amide bonds. The molecule has 0 aromatic rings. The molecule has 0 fully saturated rings. The van der Waals surface area contributed by atoms with Crippen LogP contribution in [0.5, 0.6) is 0 Å². The molecular weight excluding hydrogens is 287 g/mol. The van der Waals surface area contributed by atoms with E-state index in [0.717, 1.165) is 19.3 Å². The molecule has 0 aliphatic rings. The number of hydrogen-bond acceptors (Lipinski definition) is 4. The summed E-state index contributed by atoms with van der Waals surface area (Å²) in [7, 11) is -4.51. The van der Waals surface area contributed by atoms with Gasteiger partial charge >= 0.3 is 29.6 Å². The van der Waals surface area contributed by atoms with E-state index in [1.807, 2.05) is 0 Å². The monoisotopic (exact) mass is 316 g/mol. The van der Waals surface area contributed by atoms with Crippen LogP contribution in [-0.2, 0) is 10.1 Å². The van der Waals surface area contributed by atoms with Crippen molar-refractivity contribution in [1.82, 2.24) is 0 Å². The predicted molar refractivity (Wildman–Crippen MR) is 76.8 cm³/mol. The largest absolute Gasteiger partial charge is 1.00 e. The fourth-order valence-electron chi connectivity index (χ4n) is 2.13. The molecule has 0 heterocycles. The number of unbranched alkanes of at least 4 members (excludes halogenated alkanes) is 10. The van der Waals surface area contributed by atoms with Gasteiger partial charge in [0.15, 0.2) is 0 Å². The van der Waals surface area contributed by atoms with Crippen LogP contribution in [0.2, 0.25) is 0 Å². The van der Waals surface area contributed by atoms with Crippen LogP contribution in [0.25, 0.3) is 0 Å². The van der Waals surface area contributed by atoms with Crippen molar-refractivity contribution in [1.29, 1.82) is 0 Å². The zero-order valence-corrected chi connectivity index (χ0v) is 16.0. The minimum Gasteiger partial charge on any atom is -0.746 e. The number of rotatable bonds is 13. The number of aliphatic hydroxyl groups is 1. The summed E-state index contributed by atoms with van der Waals surface area (Å²) in [6.07, 6.45) is 12.9. The van der Waals surface area contributed by atoms with Gasteiger partial charge in [0, 0.05) is 0 Å². The van der Waals surface area contributed by atoms with E-state index in [9.17, 15) is 13.0 Å².